The van der Waals surface area contributed by atoms with Crippen molar-refractivity contribution in [3.05, 3.63) is 29.8 Å². The molecule has 0 spiro atoms. The lowest BCUT2D eigenvalue weighted by atomic mass is 10.1. The Kier molecular flexibility index (Phi) is 7.03. The minimum atomic E-state index is -3.55. The molecule has 1 aliphatic heterocycles. The topological polar surface area (TPSA) is 88.2 Å². The van der Waals surface area contributed by atoms with E-state index in [0.29, 0.717) is 32.7 Å². The number of nitrogens with zero attached hydrogens (tertiary/aromatic N) is 2. The SMILES string of the molecule is CCOC(=O)N1CCN(S(=O)(=O)NCCc2ccc(OC)cc2)CC1. The Hall–Kier alpha value is -1.84. The number of methoxy groups -OCH3 is 1. The van der Waals surface area contributed by atoms with Crippen LogP contribution < -0.4 is 9.46 Å². The summed E-state index contributed by atoms with van der Waals surface area (Å²) in [5.41, 5.74) is 1.02. The molecule has 0 bridgehead atoms. The molecule has 0 radical (unpaired) electrons. The monoisotopic (exact) mass is 371 g/mol. The minimum absolute atomic E-state index is 0.261. The summed E-state index contributed by atoms with van der Waals surface area (Å²) in [6, 6.07) is 7.51. The number of rotatable bonds is 7. The van der Waals surface area contributed by atoms with Crippen molar-refractivity contribution >= 4 is 16.3 Å². The molecule has 1 heterocycles. The van der Waals surface area contributed by atoms with E-state index in [-0.39, 0.29) is 13.1 Å². The molecule has 1 amide bonds. The Balaban J connectivity index is 1.78. The third-order valence-electron chi connectivity index (χ3n) is 3.96. The molecule has 0 atom stereocenters. The van der Waals surface area contributed by atoms with Crippen LogP contribution in [-0.2, 0) is 21.4 Å². The zero-order valence-electron chi connectivity index (χ0n) is 14.6. The number of hydrogen-bond acceptors (Lipinski definition) is 5. The Morgan fingerprint density at radius 1 is 1.16 bits per heavy atom. The molecule has 0 aromatic heterocycles. The maximum Gasteiger partial charge on any atom is 0.409 e. The molecule has 1 aliphatic rings. The molecule has 0 unspecified atom stereocenters. The summed E-state index contributed by atoms with van der Waals surface area (Å²) in [5.74, 6) is 0.767. The van der Waals surface area contributed by atoms with E-state index in [2.05, 4.69) is 4.72 Å². The Morgan fingerprint density at radius 3 is 2.36 bits per heavy atom. The molecule has 0 saturated carbocycles. The first-order valence-corrected chi connectivity index (χ1v) is 9.69. The van der Waals surface area contributed by atoms with E-state index in [1.165, 1.54) is 9.21 Å². The summed E-state index contributed by atoms with van der Waals surface area (Å²) >= 11 is 0. The number of carbonyl (C=O) groups is 1. The molecule has 2 rings (SSSR count). The number of carbonyl (C=O) groups excluding carboxylic acids is 1. The molecule has 25 heavy (non-hydrogen) atoms. The number of piperazine rings is 1. The Bertz CT molecular complexity index is 655. The smallest absolute Gasteiger partial charge is 0.409 e. The van der Waals surface area contributed by atoms with Crippen molar-refractivity contribution in [1.29, 1.82) is 0 Å². The quantitative estimate of drug-likeness (QED) is 0.768. The van der Waals surface area contributed by atoms with Crippen molar-refractivity contribution in [3.8, 4) is 5.75 Å². The van der Waals surface area contributed by atoms with Crippen molar-refractivity contribution < 1.29 is 22.7 Å². The summed E-state index contributed by atoms with van der Waals surface area (Å²) in [6.45, 7) is 3.55. The van der Waals surface area contributed by atoms with Gasteiger partial charge in [-0.05, 0) is 31.0 Å². The lowest BCUT2D eigenvalue weighted by Gasteiger charge is -2.33. The molecule has 140 valence electrons. The lowest BCUT2D eigenvalue weighted by molar-refractivity contribution is 0.0932. The zero-order chi connectivity index (χ0) is 18.3. The molecule has 1 fully saturated rings. The third-order valence-corrected chi connectivity index (χ3v) is 5.58. The third kappa shape index (κ3) is 5.58. The summed E-state index contributed by atoms with van der Waals surface area (Å²) in [7, 11) is -1.95. The van der Waals surface area contributed by atoms with Gasteiger partial charge in [0.05, 0.1) is 13.7 Å². The van der Waals surface area contributed by atoms with E-state index in [4.69, 9.17) is 9.47 Å². The van der Waals surface area contributed by atoms with Crippen molar-refractivity contribution in [3.63, 3.8) is 0 Å². The van der Waals surface area contributed by atoms with Crippen LogP contribution in [0.15, 0.2) is 24.3 Å². The van der Waals surface area contributed by atoms with E-state index in [1.807, 2.05) is 24.3 Å². The van der Waals surface area contributed by atoms with E-state index >= 15 is 0 Å². The van der Waals surface area contributed by atoms with E-state index in [1.54, 1.807) is 14.0 Å². The van der Waals surface area contributed by atoms with E-state index in [9.17, 15) is 13.2 Å². The van der Waals surface area contributed by atoms with Crippen LogP contribution in [0.3, 0.4) is 0 Å². The highest BCUT2D eigenvalue weighted by molar-refractivity contribution is 7.87. The summed E-state index contributed by atoms with van der Waals surface area (Å²) in [5, 5.41) is 0. The van der Waals surface area contributed by atoms with Crippen LogP contribution in [-0.4, -0.2) is 70.2 Å². The van der Waals surface area contributed by atoms with Gasteiger partial charge in [0.25, 0.3) is 10.2 Å². The average Bonchev–Trinajstić information content (AvgIpc) is 2.62. The second-order valence-electron chi connectivity index (χ2n) is 5.58. The molecule has 1 saturated heterocycles. The molecule has 1 aromatic carbocycles. The van der Waals surface area contributed by atoms with Crippen LogP contribution >= 0.6 is 0 Å². The van der Waals surface area contributed by atoms with Crippen LogP contribution in [0.5, 0.6) is 5.75 Å². The summed E-state index contributed by atoms with van der Waals surface area (Å²) in [6.07, 6.45) is 0.193. The van der Waals surface area contributed by atoms with Gasteiger partial charge in [0.1, 0.15) is 5.75 Å². The lowest BCUT2D eigenvalue weighted by Crippen LogP contribution is -2.53. The maximum atomic E-state index is 12.3. The molecule has 9 heteroatoms. The molecule has 1 aromatic rings. The fraction of sp³-hybridized carbons (Fsp3) is 0.562. The predicted octanol–water partition coefficient (Wildman–Crippen LogP) is 0.846. The first-order chi connectivity index (χ1) is 12.0. The van der Waals surface area contributed by atoms with Crippen LogP contribution in [0.1, 0.15) is 12.5 Å². The highest BCUT2D eigenvalue weighted by Gasteiger charge is 2.28. The van der Waals surface area contributed by atoms with Gasteiger partial charge in [-0.3, -0.25) is 0 Å². The summed E-state index contributed by atoms with van der Waals surface area (Å²) < 4.78 is 38.7. The number of amides is 1. The van der Waals surface area contributed by atoms with Crippen molar-refractivity contribution in [1.82, 2.24) is 13.9 Å². The van der Waals surface area contributed by atoms with Gasteiger partial charge in [-0.15, -0.1) is 0 Å². The number of nitrogens with one attached hydrogen (secondary N) is 1. The van der Waals surface area contributed by atoms with Gasteiger partial charge in [0, 0.05) is 32.7 Å². The standard InChI is InChI=1S/C16H25N3O5S/c1-3-24-16(20)18-10-12-19(13-11-18)25(21,22)17-9-8-14-4-6-15(23-2)7-5-14/h4-7,17H,3,8-13H2,1-2H3. The molecule has 1 N–H and O–H groups in total. The van der Waals surface area contributed by atoms with Gasteiger partial charge >= 0.3 is 6.09 Å². The molecular weight excluding hydrogens is 346 g/mol. The van der Waals surface area contributed by atoms with Crippen molar-refractivity contribution in [2.75, 3.05) is 46.4 Å². The molecular formula is C16H25N3O5S. The Labute approximate surface area is 148 Å². The van der Waals surface area contributed by atoms with Crippen molar-refractivity contribution in [2.24, 2.45) is 0 Å². The molecule has 8 nitrogen and oxygen atoms in total. The van der Waals surface area contributed by atoms with E-state index in [0.717, 1.165) is 11.3 Å². The van der Waals surface area contributed by atoms with Gasteiger partial charge in [0.2, 0.25) is 0 Å². The highest BCUT2D eigenvalue weighted by atomic mass is 32.2. The van der Waals surface area contributed by atoms with Crippen LogP contribution in [0, 0.1) is 0 Å². The van der Waals surface area contributed by atoms with Gasteiger partial charge in [-0.1, -0.05) is 12.1 Å². The minimum Gasteiger partial charge on any atom is -0.497 e. The first kappa shape index (κ1) is 19.5. The molecule has 0 aliphatic carbocycles. The van der Waals surface area contributed by atoms with Crippen LogP contribution in [0.4, 0.5) is 4.79 Å². The normalized spacial score (nSPS) is 15.8. The van der Waals surface area contributed by atoms with Gasteiger partial charge in [0.15, 0.2) is 0 Å². The second kappa shape index (κ2) is 9.02. The number of ether oxygens (including phenoxy) is 2. The largest absolute Gasteiger partial charge is 0.497 e. The van der Waals surface area contributed by atoms with E-state index < -0.39 is 16.3 Å². The Morgan fingerprint density at radius 2 is 1.80 bits per heavy atom. The highest BCUT2D eigenvalue weighted by Crippen LogP contribution is 2.12. The van der Waals surface area contributed by atoms with Crippen molar-refractivity contribution in [2.45, 2.75) is 13.3 Å². The van der Waals surface area contributed by atoms with Gasteiger partial charge < -0.3 is 14.4 Å². The first-order valence-electron chi connectivity index (χ1n) is 8.25. The predicted molar refractivity (Wildman–Crippen MR) is 93.8 cm³/mol. The van der Waals surface area contributed by atoms with Crippen LogP contribution in [0.2, 0.25) is 0 Å². The maximum absolute atomic E-state index is 12.3. The van der Waals surface area contributed by atoms with Crippen LogP contribution in [0.25, 0.3) is 0 Å². The zero-order valence-corrected chi connectivity index (χ0v) is 15.4. The summed E-state index contributed by atoms with van der Waals surface area (Å²) in [4.78, 5) is 13.2. The fourth-order valence-electron chi connectivity index (χ4n) is 2.53. The second-order valence-corrected chi connectivity index (χ2v) is 7.34. The number of hydrogen-bond donors (Lipinski definition) is 1. The average molecular weight is 371 g/mol. The van der Waals surface area contributed by atoms with Gasteiger partial charge in [-0.25, -0.2) is 9.52 Å². The van der Waals surface area contributed by atoms with Gasteiger partial charge in [-0.2, -0.15) is 12.7 Å². The number of benzene rings is 1. The fourth-order valence-corrected chi connectivity index (χ4v) is 3.72.